The summed E-state index contributed by atoms with van der Waals surface area (Å²) in [6, 6.07) is 0. The molecule has 328 valence electrons. The van der Waals surface area contributed by atoms with Gasteiger partial charge >= 0.3 is 11.9 Å². The van der Waals surface area contributed by atoms with E-state index in [9.17, 15) is 30.0 Å². The molecule has 6 unspecified atom stereocenters. The van der Waals surface area contributed by atoms with E-state index in [1.165, 1.54) is 103 Å². The van der Waals surface area contributed by atoms with E-state index in [2.05, 4.69) is 38.2 Å². The van der Waals surface area contributed by atoms with Gasteiger partial charge in [-0.05, 0) is 38.5 Å². The van der Waals surface area contributed by atoms with E-state index in [4.69, 9.17) is 18.9 Å². The Bertz CT molecular complexity index is 970. The molecule has 1 aliphatic rings. The lowest BCUT2D eigenvalue weighted by Crippen LogP contribution is -2.59. The Morgan fingerprint density at radius 2 is 1.02 bits per heavy atom. The van der Waals surface area contributed by atoms with Crippen LogP contribution in [0.3, 0.4) is 0 Å². The Hall–Kier alpha value is -1.82. The summed E-state index contributed by atoms with van der Waals surface area (Å²) in [7, 11) is 0. The molecular formula is C46H84O10. The van der Waals surface area contributed by atoms with Gasteiger partial charge in [0.25, 0.3) is 0 Å². The number of allylic oxidation sites excluding steroid dienone is 4. The van der Waals surface area contributed by atoms with Gasteiger partial charge in [0.1, 0.15) is 31.0 Å². The van der Waals surface area contributed by atoms with E-state index in [0.717, 1.165) is 64.2 Å². The van der Waals surface area contributed by atoms with Gasteiger partial charge in [-0.2, -0.15) is 0 Å². The van der Waals surface area contributed by atoms with Crippen LogP contribution in [0.25, 0.3) is 0 Å². The standard InChI is InChI=1S/C46H84O10/c1-3-5-7-9-11-13-15-17-19-20-21-23-24-26-28-30-32-34-41(48)53-37-39(38-54-46-45(52)44(51)43(50)40(36-47)56-46)55-42(49)35-33-31-29-27-25-22-18-16-14-12-10-8-6-4-2/h10,12,16,18,39-40,43-47,50-52H,3-9,11,13-15,17,19-38H2,1-2H3/b12-10-,18-16-. The summed E-state index contributed by atoms with van der Waals surface area (Å²) < 4.78 is 22.2. The van der Waals surface area contributed by atoms with Crippen LogP contribution in [0.5, 0.6) is 0 Å². The predicted octanol–water partition coefficient (Wildman–Crippen LogP) is 9.72. The molecule has 0 aromatic carbocycles. The van der Waals surface area contributed by atoms with Crippen molar-refractivity contribution in [3.05, 3.63) is 24.3 Å². The van der Waals surface area contributed by atoms with Crippen molar-refractivity contribution in [2.24, 2.45) is 0 Å². The molecule has 6 atom stereocenters. The van der Waals surface area contributed by atoms with Crippen LogP contribution in [0.15, 0.2) is 24.3 Å². The molecule has 1 heterocycles. The third-order valence-corrected chi connectivity index (χ3v) is 10.6. The predicted molar refractivity (Wildman–Crippen MR) is 224 cm³/mol. The first-order chi connectivity index (χ1) is 27.3. The number of aliphatic hydroxyl groups excluding tert-OH is 4. The minimum Gasteiger partial charge on any atom is -0.462 e. The fraction of sp³-hybridized carbons (Fsp3) is 0.870. The van der Waals surface area contributed by atoms with Crippen molar-refractivity contribution < 1.29 is 49.0 Å². The molecule has 1 rings (SSSR count). The average Bonchev–Trinajstić information content (AvgIpc) is 3.19. The Labute approximate surface area is 341 Å². The minimum atomic E-state index is -1.59. The smallest absolute Gasteiger partial charge is 0.306 e. The number of ether oxygens (including phenoxy) is 4. The second-order valence-electron chi connectivity index (χ2n) is 15.9. The van der Waals surface area contributed by atoms with Crippen molar-refractivity contribution in [1.29, 1.82) is 0 Å². The lowest BCUT2D eigenvalue weighted by Gasteiger charge is -2.39. The maximum Gasteiger partial charge on any atom is 0.306 e. The van der Waals surface area contributed by atoms with Crippen LogP contribution in [0.4, 0.5) is 0 Å². The van der Waals surface area contributed by atoms with Gasteiger partial charge in [-0.3, -0.25) is 9.59 Å². The van der Waals surface area contributed by atoms with Gasteiger partial charge in [-0.25, -0.2) is 0 Å². The molecule has 0 amide bonds. The van der Waals surface area contributed by atoms with Gasteiger partial charge < -0.3 is 39.4 Å². The fourth-order valence-corrected chi connectivity index (χ4v) is 6.91. The molecule has 56 heavy (non-hydrogen) atoms. The Kier molecular flexibility index (Phi) is 34.9. The second-order valence-corrected chi connectivity index (χ2v) is 15.9. The zero-order valence-electron chi connectivity index (χ0n) is 35.6. The summed E-state index contributed by atoms with van der Waals surface area (Å²) in [6.45, 7) is 3.38. The van der Waals surface area contributed by atoms with Crippen molar-refractivity contribution in [3.63, 3.8) is 0 Å². The van der Waals surface area contributed by atoms with E-state index in [0.29, 0.717) is 6.42 Å². The van der Waals surface area contributed by atoms with E-state index in [-0.39, 0.29) is 32.0 Å². The van der Waals surface area contributed by atoms with Crippen LogP contribution in [0.2, 0.25) is 0 Å². The lowest BCUT2D eigenvalue weighted by molar-refractivity contribution is -0.305. The van der Waals surface area contributed by atoms with Crippen molar-refractivity contribution in [3.8, 4) is 0 Å². The Morgan fingerprint density at radius 3 is 1.54 bits per heavy atom. The largest absolute Gasteiger partial charge is 0.462 e. The highest BCUT2D eigenvalue weighted by atomic mass is 16.7. The number of esters is 2. The van der Waals surface area contributed by atoms with Gasteiger partial charge in [-0.1, -0.05) is 173 Å². The van der Waals surface area contributed by atoms with Gasteiger partial charge in [0, 0.05) is 12.8 Å². The summed E-state index contributed by atoms with van der Waals surface area (Å²) in [6.07, 6.45) is 33.2. The van der Waals surface area contributed by atoms with E-state index >= 15 is 0 Å². The number of carbonyl (C=O) groups excluding carboxylic acids is 2. The molecule has 0 aromatic rings. The summed E-state index contributed by atoms with van der Waals surface area (Å²) in [5, 5.41) is 40.1. The van der Waals surface area contributed by atoms with Crippen LogP contribution in [-0.4, -0.2) is 89.0 Å². The van der Waals surface area contributed by atoms with Crippen LogP contribution in [-0.2, 0) is 28.5 Å². The van der Waals surface area contributed by atoms with Crippen molar-refractivity contribution in [2.75, 3.05) is 19.8 Å². The maximum absolute atomic E-state index is 12.8. The third-order valence-electron chi connectivity index (χ3n) is 10.6. The van der Waals surface area contributed by atoms with Gasteiger partial charge in [0.15, 0.2) is 12.4 Å². The number of hydrogen-bond donors (Lipinski definition) is 4. The molecule has 0 bridgehead atoms. The zero-order chi connectivity index (χ0) is 40.9. The Balaban J connectivity index is 2.31. The first-order valence-electron chi connectivity index (χ1n) is 22.9. The summed E-state index contributed by atoms with van der Waals surface area (Å²) >= 11 is 0. The topological polar surface area (TPSA) is 152 Å². The fourth-order valence-electron chi connectivity index (χ4n) is 6.91. The highest BCUT2D eigenvalue weighted by molar-refractivity contribution is 5.70. The second kappa shape index (κ2) is 37.5. The molecule has 0 aromatic heterocycles. The molecule has 0 saturated carbocycles. The third kappa shape index (κ3) is 28.6. The van der Waals surface area contributed by atoms with Crippen LogP contribution < -0.4 is 0 Å². The first kappa shape index (κ1) is 52.2. The monoisotopic (exact) mass is 797 g/mol. The average molecular weight is 797 g/mol. The molecule has 10 heteroatoms. The summed E-state index contributed by atoms with van der Waals surface area (Å²) in [4.78, 5) is 25.3. The van der Waals surface area contributed by atoms with Crippen LogP contribution >= 0.6 is 0 Å². The number of rotatable bonds is 38. The normalized spacial score (nSPS) is 20.6. The highest BCUT2D eigenvalue weighted by Gasteiger charge is 2.44. The van der Waals surface area contributed by atoms with E-state index in [1.807, 2.05) is 0 Å². The minimum absolute atomic E-state index is 0.216. The van der Waals surface area contributed by atoms with Crippen LogP contribution in [0, 0.1) is 0 Å². The van der Waals surface area contributed by atoms with Gasteiger partial charge in [0.05, 0.1) is 13.2 Å². The highest BCUT2D eigenvalue weighted by Crippen LogP contribution is 2.23. The molecular weight excluding hydrogens is 712 g/mol. The van der Waals surface area contributed by atoms with Crippen LogP contribution in [0.1, 0.15) is 200 Å². The summed E-state index contributed by atoms with van der Waals surface area (Å²) in [5.74, 6) is -0.815. The molecule has 0 spiro atoms. The molecule has 1 fully saturated rings. The molecule has 0 aliphatic carbocycles. The van der Waals surface area contributed by atoms with E-state index in [1.54, 1.807) is 0 Å². The number of aliphatic hydroxyl groups is 4. The molecule has 1 aliphatic heterocycles. The summed E-state index contributed by atoms with van der Waals surface area (Å²) in [5.41, 5.74) is 0. The lowest BCUT2D eigenvalue weighted by atomic mass is 9.99. The number of unbranched alkanes of at least 4 members (excludes halogenated alkanes) is 23. The van der Waals surface area contributed by atoms with Gasteiger partial charge in [0.2, 0.25) is 0 Å². The molecule has 10 nitrogen and oxygen atoms in total. The first-order valence-corrected chi connectivity index (χ1v) is 22.9. The number of hydrogen-bond acceptors (Lipinski definition) is 10. The van der Waals surface area contributed by atoms with Crippen molar-refractivity contribution >= 4 is 11.9 Å². The maximum atomic E-state index is 12.8. The molecule has 1 saturated heterocycles. The van der Waals surface area contributed by atoms with Crippen molar-refractivity contribution in [2.45, 2.75) is 237 Å². The Morgan fingerprint density at radius 1 is 0.554 bits per heavy atom. The van der Waals surface area contributed by atoms with Gasteiger partial charge in [-0.15, -0.1) is 0 Å². The molecule has 0 radical (unpaired) electrons. The van der Waals surface area contributed by atoms with Crippen molar-refractivity contribution in [1.82, 2.24) is 0 Å². The SMILES string of the molecule is CCCC/C=C\C/C=C\CCCCCCCC(=O)OC(COC(=O)CCCCCCCCCCCCCCCCCCC)COC1OC(CO)C(O)C(O)C1O. The number of carbonyl (C=O) groups is 2. The molecule has 4 N–H and O–H groups in total. The zero-order valence-corrected chi connectivity index (χ0v) is 35.6. The quantitative estimate of drug-likeness (QED) is 0.0270. The van der Waals surface area contributed by atoms with E-state index < -0.39 is 49.4 Å².